The molecule has 0 saturated carbocycles. The number of aromatic nitrogens is 1. The quantitative estimate of drug-likeness (QED) is 0.560. The molecule has 1 aliphatic heterocycles. The molecule has 6 heteroatoms. The second-order valence-corrected chi connectivity index (χ2v) is 7.89. The number of nitrogens with one attached hydrogen (secondary N) is 2. The van der Waals surface area contributed by atoms with Crippen LogP contribution in [0, 0.1) is 6.92 Å². The van der Waals surface area contributed by atoms with E-state index in [-0.39, 0.29) is 6.04 Å². The van der Waals surface area contributed by atoms with Crippen molar-refractivity contribution in [1.29, 1.82) is 0 Å². The van der Waals surface area contributed by atoms with Crippen LogP contribution in [0.3, 0.4) is 0 Å². The van der Waals surface area contributed by atoms with Crippen LogP contribution in [0.2, 0.25) is 0 Å². The van der Waals surface area contributed by atoms with Gasteiger partial charge in [-0.05, 0) is 44.7 Å². The number of hydrogen-bond acceptors (Lipinski definition) is 4. The van der Waals surface area contributed by atoms with E-state index >= 15 is 0 Å². The third kappa shape index (κ3) is 5.45. The van der Waals surface area contributed by atoms with Crippen LogP contribution in [0.4, 0.5) is 5.13 Å². The van der Waals surface area contributed by atoms with Gasteiger partial charge in [0.2, 0.25) is 0 Å². The highest BCUT2D eigenvalue weighted by Gasteiger charge is 2.15. The van der Waals surface area contributed by atoms with Crippen LogP contribution < -0.4 is 15.5 Å². The molecular weight excluding hydrogens is 354 g/mol. The fourth-order valence-electron chi connectivity index (χ4n) is 3.42. The average molecular weight is 386 g/mol. The highest BCUT2D eigenvalue weighted by molar-refractivity contribution is 7.13. The lowest BCUT2D eigenvalue weighted by Gasteiger charge is -2.19. The molecule has 3 rings (SSSR count). The van der Waals surface area contributed by atoms with Crippen LogP contribution in [0.15, 0.2) is 34.6 Å². The van der Waals surface area contributed by atoms with Crippen molar-refractivity contribution in [3.8, 4) is 0 Å². The second-order valence-electron chi connectivity index (χ2n) is 7.05. The molecule has 0 radical (unpaired) electrons. The van der Waals surface area contributed by atoms with Gasteiger partial charge in [-0.2, -0.15) is 0 Å². The first kappa shape index (κ1) is 19.7. The van der Waals surface area contributed by atoms with Gasteiger partial charge in [-0.1, -0.05) is 24.3 Å². The lowest BCUT2D eigenvalue weighted by Crippen LogP contribution is -2.39. The molecule has 1 unspecified atom stereocenters. The lowest BCUT2D eigenvalue weighted by molar-refractivity contribution is 0.682. The zero-order chi connectivity index (χ0) is 19.1. The smallest absolute Gasteiger partial charge is 0.191 e. The SMILES string of the molecule is CCNC(=NCCc1csc(N2CCCC2)n1)NC(C)c1ccccc1C. The lowest BCUT2D eigenvalue weighted by atomic mass is 10.0. The number of thiazole rings is 1. The summed E-state index contributed by atoms with van der Waals surface area (Å²) >= 11 is 1.76. The molecule has 1 saturated heterocycles. The van der Waals surface area contributed by atoms with Crippen molar-refractivity contribution in [3.63, 3.8) is 0 Å². The number of anilines is 1. The molecule has 0 bridgehead atoms. The maximum absolute atomic E-state index is 4.79. The Morgan fingerprint density at radius 3 is 2.81 bits per heavy atom. The van der Waals surface area contributed by atoms with E-state index in [0.29, 0.717) is 0 Å². The number of aliphatic imine (C=N–C) groups is 1. The summed E-state index contributed by atoms with van der Waals surface area (Å²) in [6, 6.07) is 8.70. The molecular formula is C21H31N5S. The van der Waals surface area contributed by atoms with Crippen LogP contribution in [0.25, 0.3) is 0 Å². The number of hydrogen-bond donors (Lipinski definition) is 2. The van der Waals surface area contributed by atoms with Crippen molar-refractivity contribution in [2.75, 3.05) is 31.1 Å². The molecule has 1 aromatic carbocycles. The number of benzene rings is 1. The van der Waals surface area contributed by atoms with E-state index in [2.05, 4.69) is 66.0 Å². The first-order valence-corrected chi connectivity index (χ1v) is 10.8. The molecule has 146 valence electrons. The maximum atomic E-state index is 4.79. The molecule has 2 aromatic rings. The fourth-order valence-corrected chi connectivity index (χ4v) is 4.34. The summed E-state index contributed by atoms with van der Waals surface area (Å²) < 4.78 is 0. The zero-order valence-corrected chi connectivity index (χ0v) is 17.5. The Bertz CT molecular complexity index is 749. The van der Waals surface area contributed by atoms with Gasteiger partial charge in [0.1, 0.15) is 0 Å². The van der Waals surface area contributed by atoms with Gasteiger partial charge in [-0.25, -0.2) is 4.98 Å². The molecule has 2 heterocycles. The summed E-state index contributed by atoms with van der Waals surface area (Å²) in [7, 11) is 0. The van der Waals surface area contributed by atoms with Crippen molar-refractivity contribution < 1.29 is 0 Å². The first-order valence-electron chi connectivity index (χ1n) is 9.97. The van der Waals surface area contributed by atoms with Gasteiger partial charge in [0.15, 0.2) is 11.1 Å². The van der Waals surface area contributed by atoms with E-state index < -0.39 is 0 Å². The average Bonchev–Trinajstić information content (AvgIpc) is 3.34. The van der Waals surface area contributed by atoms with E-state index in [0.717, 1.165) is 44.3 Å². The Morgan fingerprint density at radius 1 is 1.30 bits per heavy atom. The molecule has 0 aliphatic carbocycles. The molecule has 1 aliphatic rings. The summed E-state index contributed by atoms with van der Waals surface area (Å²) in [4.78, 5) is 11.9. The van der Waals surface area contributed by atoms with Crippen molar-refractivity contribution in [1.82, 2.24) is 15.6 Å². The van der Waals surface area contributed by atoms with Gasteiger partial charge in [0, 0.05) is 38.0 Å². The molecule has 1 aromatic heterocycles. The van der Waals surface area contributed by atoms with Gasteiger partial charge in [-0.3, -0.25) is 4.99 Å². The van der Waals surface area contributed by atoms with Crippen LogP contribution in [-0.2, 0) is 6.42 Å². The number of rotatable bonds is 7. The van der Waals surface area contributed by atoms with E-state index in [9.17, 15) is 0 Å². The number of aryl methyl sites for hydroxylation is 1. The van der Waals surface area contributed by atoms with Gasteiger partial charge >= 0.3 is 0 Å². The van der Waals surface area contributed by atoms with Crippen molar-refractivity contribution in [2.45, 2.75) is 46.1 Å². The molecule has 0 spiro atoms. The van der Waals surface area contributed by atoms with E-state index in [1.807, 2.05) is 0 Å². The molecule has 27 heavy (non-hydrogen) atoms. The van der Waals surface area contributed by atoms with Gasteiger partial charge in [0.05, 0.1) is 11.7 Å². The zero-order valence-electron chi connectivity index (χ0n) is 16.7. The van der Waals surface area contributed by atoms with E-state index in [1.165, 1.54) is 29.1 Å². The van der Waals surface area contributed by atoms with Crippen molar-refractivity contribution >= 4 is 22.4 Å². The monoisotopic (exact) mass is 385 g/mol. The minimum absolute atomic E-state index is 0.213. The van der Waals surface area contributed by atoms with E-state index in [1.54, 1.807) is 11.3 Å². The minimum atomic E-state index is 0.213. The topological polar surface area (TPSA) is 52.6 Å². The maximum Gasteiger partial charge on any atom is 0.191 e. The summed E-state index contributed by atoms with van der Waals surface area (Å²) in [5, 5.41) is 10.2. The number of guanidine groups is 1. The molecule has 2 N–H and O–H groups in total. The first-order chi connectivity index (χ1) is 13.2. The second kappa shape index (κ2) is 9.74. The summed E-state index contributed by atoms with van der Waals surface area (Å²) in [5.74, 6) is 0.864. The Labute approximate surface area is 166 Å². The van der Waals surface area contributed by atoms with Gasteiger partial charge in [0.25, 0.3) is 0 Å². The molecule has 0 amide bonds. The molecule has 1 fully saturated rings. The third-order valence-corrected chi connectivity index (χ3v) is 5.86. The minimum Gasteiger partial charge on any atom is -0.357 e. The molecule has 1 atom stereocenters. The summed E-state index contributed by atoms with van der Waals surface area (Å²) in [5.41, 5.74) is 3.75. The van der Waals surface area contributed by atoms with Crippen LogP contribution >= 0.6 is 11.3 Å². The summed E-state index contributed by atoms with van der Waals surface area (Å²) in [6.45, 7) is 10.3. The van der Waals surface area contributed by atoms with E-state index in [4.69, 9.17) is 9.98 Å². The highest BCUT2D eigenvalue weighted by atomic mass is 32.1. The Balaban J connectivity index is 1.56. The predicted molar refractivity (Wildman–Crippen MR) is 116 cm³/mol. The Morgan fingerprint density at radius 2 is 2.07 bits per heavy atom. The third-order valence-electron chi connectivity index (χ3n) is 4.91. The molecule has 5 nitrogen and oxygen atoms in total. The highest BCUT2D eigenvalue weighted by Crippen LogP contribution is 2.24. The Kier molecular flexibility index (Phi) is 7.10. The Hall–Kier alpha value is -2.08. The van der Waals surface area contributed by atoms with Crippen molar-refractivity contribution in [3.05, 3.63) is 46.5 Å². The van der Waals surface area contributed by atoms with Crippen LogP contribution in [0.5, 0.6) is 0 Å². The van der Waals surface area contributed by atoms with Crippen LogP contribution in [0.1, 0.15) is 49.6 Å². The van der Waals surface area contributed by atoms with Gasteiger partial charge in [-0.15, -0.1) is 11.3 Å². The number of nitrogens with zero attached hydrogens (tertiary/aromatic N) is 3. The van der Waals surface area contributed by atoms with Gasteiger partial charge < -0.3 is 15.5 Å². The fraction of sp³-hybridized carbons (Fsp3) is 0.524. The summed E-state index contributed by atoms with van der Waals surface area (Å²) in [6.07, 6.45) is 3.45. The van der Waals surface area contributed by atoms with Crippen molar-refractivity contribution in [2.24, 2.45) is 4.99 Å². The van der Waals surface area contributed by atoms with Crippen LogP contribution in [-0.4, -0.2) is 37.1 Å². The predicted octanol–water partition coefficient (Wildman–Crippen LogP) is 3.91. The normalized spacial score (nSPS) is 15.8. The standard InChI is InChI=1S/C21H31N5S/c1-4-22-20(24-17(3)19-10-6-5-9-16(19)2)23-12-11-18-15-27-21(25-18)26-13-7-8-14-26/h5-6,9-10,15,17H,4,7-8,11-14H2,1-3H3,(H2,22,23,24). The largest absolute Gasteiger partial charge is 0.357 e.